The Hall–Kier alpha value is -4.24. The average molecular weight is 557 g/mol. The highest BCUT2D eigenvalue weighted by molar-refractivity contribution is 7.85. The van der Waals surface area contributed by atoms with Gasteiger partial charge in [0.25, 0.3) is 10.1 Å². The molecule has 206 valence electrons. The molecule has 0 aliphatic carbocycles. The van der Waals surface area contributed by atoms with Crippen molar-refractivity contribution in [2.24, 2.45) is 5.73 Å². The molecule has 4 aromatic carbocycles. The lowest BCUT2D eigenvalue weighted by Gasteiger charge is -2.13. The number of benzene rings is 4. The van der Waals surface area contributed by atoms with Gasteiger partial charge < -0.3 is 15.5 Å². The highest BCUT2D eigenvalue weighted by Crippen LogP contribution is 2.26. The lowest BCUT2D eigenvalue weighted by molar-refractivity contribution is -0.146. The number of hydrogen-bond donors (Lipinski definition) is 3. The zero-order valence-electron chi connectivity index (χ0n) is 22.2. The van der Waals surface area contributed by atoms with Gasteiger partial charge in [-0.1, -0.05) is 96.6 Å². The van der Waals surface area contributed by atoms with Crippen molar-refractivity contribution >= 4 is 27.0 Å². The van der Waals surface area contributed by atoms with Gasteiger partial charge in [-0.05, 0) is 41.8 Å². The van der Waals surface area contributed by atoms with Crippen LogP contribution in [0.4, 0.5) is 0 Å². The molecule has 0 aliphatic heterocycles. The molecule has 0 fully saturated rings. The second kappa shape index (κ2) is 13.2. The average Bonchev–Trinajstić information content (AvgIpc) is 3.29. The van der Waals surface area contributed by atoms with E-state index in [9.17, 15) is 13.2 Å². The quantitative estimate of drug-likeness (QED) is 0.169. The molecule has 0 radical (unpaired) electrons. The molecule has 0 amide bonds. The number of aromatic nitrogens is 1. The number of hydrogen-bond acceptors (Lipinski definition) is 5. The Kier molecular flexibility index (Phi) is 9.50. The number of rotatable bonds is 8. The predicted molar refractivity (Wildman–Crippen MR) is 156 cm³/mol. The first-order chi connectivity index (χ1) is 19.2. The van der Waals surface area contributed by atoms with Crippen molar-refractivity contribution in [3.8, 4) is 0 Å². The highest BCUT2D eigenvalue weighted by Gasteiger charge is 2.21. The maximum atomic E-state index is 12.5. The lowest BCUT2D eigenvalue weighted by Crippen LogP contribution is -2.34. The molecule has 1 aromatic heterocycles. The van der Waals surface area contributed by atoms with Crippen LogP contribution in [0.2, 0.25) is 0 Å². The van der Waals surface area contributed by atoms with Gasteiger partial charge in [-0.3, -0.25) is 9.35 Å². The summed E-state index contributed by atoms with van der Waals surface area (Å²) in [6.07, 6.45) is 1.19. The minimum Gasteiger partial charge on any atom is -0.460 e. The SMILES string of the molecule is Cc1ccc(S(=O)(=O)O)cc1.NC(Cc1c(Cc2ccccc2)[nH]c2ccccc12)C(=O)OCc1ccccc1. The molecule has 5 rings (SSSR count). The monoisotopic (exact) mass is 556 g/mol. The summed E-state index contributed by atoms with van der Waals surface area (Å²) < 4.78 is 35.0. The molecule has 1 heterocycles. The summed E-state index contributed by atoms with van der Waals surface area (Å²) in [5.74, 6) is -0.384. The standard InChI is InChI=1S/C25H24N2O2.C7H8O3S/c26-22(25(28)29-17-19-11-5-2-6-12-19)16-21-20-13-7-8-14-23(20)27-24(21)15-18-9-3-1-4-10-18;1-6-2-4-7(5-3-6)11(8,9)10/h1-14,22,27H,15-17,26H2;2-5H,1H3,(H,8,9,10). The third kappa shape index (κ3) is 7.89. The summed E-state index contributed by atoms with van der Waals surface area (Å²) in [4.78, 5) is 15.9. The predicted octanol–water partition coefficient (Wildman–Crippen LogP) is 5.61. The van der Waals surface area contributed by atoms with Crippen molar-refractivity contribution in [3.63, 3.8) is 0 Å². The molecular weight excluding hydrogens is 524 g/mol. The maximum absolute atomic E-state index is 12.5. The number of aryl methyl sites for hydroxylation is 1. The van der Waals surface area contributed by atoms with E-state index in [1.54, 1.807) is 12.1 Å². The Balaban J connectivity index is 0.000000283. The summed E-state index contributed by atoms with van der Waals surface area (Å²) >= 11 is 0. The number of nitrogens with one attached hydrogen (secondary N) is 1. The van der Waals surface area contributed by atoms with Crippen LogP contribution in [0, 0.1) is 6.92 Å². The summed E-state index contributed by atoms with van der Waals surface area (Å²) in [6, 6.07) is 33.3. The van der Waals surface area contributed by atoms with Gasteiger partial charge in [0.15, 0.2) is 0 Å². The third-order valence-electron chi connectivity index (χ3n) is 6.40. The molecule has 0 saturated heterocycles. The molecule has 8 heteroatoms. The van der Waals surface area contributed by atoms with E-state index in [0.29, 0.717) is 6.42 Å². The molecule has 0 aliphatic rings. The van der Waals surface area contributed by atoms with Crippen LogP contribution in [0.3, 0.4) is 0 Å². The number of aromatic amines is 1. The molecule has 40 heavy (non-hydrogen) atoms. The third-order valence-corrected chi connectivity index (χ3v) is 7.26. The van der Waals surface area contributed by atoms with Crippen LogP contribution in [0.15, 0.2) is 114 Å². The largest absolute Gasteiger partial charge is 0.460 e. The van der Waals surface area contributed by atoms with Gasteiger partial charge in [-0.2, -0.15) is 8.42 Å². The summed E-state index contributed by atoms with van der Waals surface area (Å²) in [5, 5.41) is 1.10. The molecule has 1 unspecified atom stereocenters. The van der Waals surface area contributed by atoms with Gasteiger partial charge in [0, 0.05) is 29.4 Å². The maximum Gasteiger partial charge on any atom is 0.323 e. The molecule has 0 saturated carbocycles. The first kappa shape index (κ1) is 28.8. The van der Waals surface area contributed by atoms with Gasteiger partial charge in [0.2, 0.25) is 0 Å². The summed E-state index contributed by atoms with van der Waals surface area (Å²) in [7, 11) is -4.02. The first-order valence-corrected chi connectivity index (χ1v) is 14.3. The van der Waals surface area contributed by atoms with Crippen LogP contribution >= 0.6 is 0 Å². The molecule has 0 spiro atoms. The van der Waals surface area contributed by atoms with Crippen LogP contribution < -0.4 is 5.73 Å². The Bertz CT molecular complexity index is 1650. The topological polar surface area (TPSA) is 122 Å². The molecular formula is C32H32N2O5S. The number of H-pyrrole nitrogens is 1. The van der Waals surface area contributed by atoms with Crippen LogP contribution in [-0.2, 0) is 39.1 Å². The van der Waals surface area contributed by atoms with Crippen molar-refractivity contribution in [2.45, 2.75) is 37.3 Å². The fourth-order valence-electron chi connectivity index (χ4n) is 4.29. The Labute approximate surface area is 234 Å². The van der Waals surface area contributed by atoms with Gasteiger partial charge in [0.05, 0.1) is 4.90 Å². The number of carbonyl (C=O) groups is 1. The zero-order chi connectivity index (χ0) is 28.5. The second-order valence-electron chi connectivity index (χ2n) is 9.48. The van der Waals surface area contributed by atoms with Crippen LogP contribution in [0.1, 0.15) is 27.9 Å². The van der Waals surface area contributed by atoms with Crippen LogP contribution in [0.25, 0.3) is 10.9 Å². The van der Waals surface area contributed by atoms with Crippen LogP contribution in [-0.4, -0.2) is 30.0 Å². The number of nitrogens with two attached hydrogens (primary N) is 1. The first-order valence-electron chi connectivity index (χ1n) is 12.8. The Morgan fingerprint density at radius 3 is 2.05 bits per heavy atom. The molecule has 7 nitrogen and oxygen atoms in total. The number of para-hydroxylation sites is 1. The summed E-state index contributed by atoms with van der Waals surface area (Å²) in [5.41, 5.74) is 12.6. The van der Waals surface area contributed by atoms with Crippen molar-refractivity contribution in [1.82, 2.24) is 4.98 Å². The molecule has 4 N–H and O–H groups in total. The zero-order valence-corrected chi connectivity index (χ0v) is 23.0. The van der Waals surface area contributed by atoms with E-state index in [0.717, 1.165) is 39.7 Å². The fraction of sp³-hybridized carbons (Fsp3) is 0.156. The highest BCUT2D eigenvalue weighted by atomic mass is 32.2. The van der Waals surface area contributed by atoms with Gasteiger partial charge in [0.1, 0.15) is 12.6 Å². The number of ether oxygens (including phenoxy) is 1. The molecule has 5 aromatic rings. The van der Waals surface area contributed by atoms with E-state index in [-0.39, 0.29) is 17.5 Å². The minimum atomic E-state index is -4.02. The number of carbonyl (C=O) groups excluding carboxylic acids is 1. The smallest absolute Gasteiger partial charge is 0.323 e. The van der Waals surface area contributed by atoms with E-state index >= 15 is 0 Å². The van der Waals surface area contributed by atoms with Gasteiger partial charge >= 0.3 is 5.97 Å². The van der Waals surface area contributed by atoms with Gasteiger partial charge in [-0.15, -0.1) is 0 Å². The van der Waals surface area contributed by atoms with Crippen molar-refractivity contribution in [1.29, 1.82) is 0 Å². The van der Waals surface area contributed by atoms with Gasteiger partial charge in [-0.25, -0.2) is 0 Å². The van der Waals surface area contributed by atoms with E-state index in [1.807, 2.05) is 73.7 Å². The summed E-state index contributed by atoms with van der Waals surface area (Å²) in [6.45, 7) is 2.08. The van der Waals surface area contributed by atoms with Crippen molar-refractivity contribution in [3.05, 3.63) is 137 Å². The van der Waals surface area contributed by atoms with Crippen molar-refractivity contribution < 1.29 is 22.5 Å². The minimum absolute atomic E-state index is 0.0666. The Morgan fingerprint density at radius 2 is 1.43 bits per heavy atom. The molecule has 1 atom stereocenters. The second-order valence-corrected chi connectivity index (χ2v) is 10.9. The molecule has 0 bridgehead atoms. The van der Waals surface area contributed by atoms with Crippen molar-refractivity contribution in [2.75, 3.05) is 0 Å². The number of esters is 1. The fourth-order valence-corrected chi connectivity index (χ4v) is 4.77. The van der Waals surface area contributed by atoms with Crippen LogP contribution in [0.5, 0.6) is 0 Å². The van der Waals surface area contributed by atoms with E-state index in [1.165, 1.54) is 17.7 Å². The van der Waals surface area contributed by atoms with E-state index in [4.69, 9.17) is 15.0 Å². The van der Waals surface area contributed by atoms with E-state index in [2.05, 4.69) is 23.2 Å². The number of fused-ring (bicyclic) bond motifs is 1. The normalized spacial score (nSPS) is 11.9. The Morgan fingerprint density at radius 1 is 0.850 bits per heavy atom. The van der Waals surface area contributed by atoms with E-state index < -0.39 is 16.2 Å². The lowest BCUT2D eigenvalue weighted by atomic mass is 9.99.